The summed E-state index contributed by atoms with van der Waals surface area (Å²) in [5, 5.41) is 10.9. The average molecular weight is 275 g/mol. The Morgan fingerprint density at radius 1 is 0.947 bits per heavy atom. The number of aliphatic hydroxyl groups excluding tert-OH is 1. The summed E-state index contributed by atoms with van der Waals surface area (Å²) in [4.78, 5) is 0. The van der Waals surface area contributed by atoms with Crippen LogP contribution in [-0.2, 0) is 19.3 Å². The Bertz CT molecular complexity index is 519. The van der Waals surface area contributed by atoms with Crippen LogP contribution in [0.4, 0.5) is 0 Å². The van der Waals surface area contributed by atoms with Crippen molar-refractivity contribution in [2.24, 2.45) is 0 Å². The Balaban J connectivity index is 1.97. The zero-order chi connectivity index (χ0) is 13.7. The molecular formula is C17H19ClO. The molecule has 0 amide bonds. The van der Waals surface area contributed by atoms with E-state index < -0.39 is 6.10 Å². The first-order valence-electron chi connectivity index (χ1n) is 6.68. The van der Waals surface area contributed by atoms with Crippen molar-refractivity contribution in [1.29, 1.82) is 0 Å². The van der Waals surface area contributed by atoms with Crippen molar-refractivity contribution in [3.63, 3.8) is 0 Å². The number of hydrogen-bond donors (Lipinski definition) is 1. The van der Waals surface area contributed by atoms with Gasteiger partial charge in [-0.25, -0.2) is 0 Å². The van der Waals surface area contributed by atoms with Crippen LogP contribution in [0.3, 0.4) is 0 Å². The van der Waals surface area contributed by atoms with Gasteiger partial charge in [0.05, 0.1) is 6.10 Å². The standard InChI is InChI=1S/C17H19ClO/c1-2-13-7-9-14(10-8-13)11-16(19)12-15-5-3-4-6-17(15)18/h3-10,16,19H,2,11-12H2,1H3. The topological polar surface area (TPSA) is 20.2 Å². The molecule has 0 heterocycles. The van der Waals surface area contributed by atoms with Crippen LogP contribution in [0.1, 0.15) is 23.6 Å². The first-order chi connectivity index (χ1) is 9.19. The average Bonchev–Trinajstić information content (AvgIpc) is 2.42. The number of halogens is 1. The summed E-state index contributed by atoms with van der Waals surface area (Å²) < 4.78 is 0. The maximum Gasteiger partial charge on any atom is 0.0621 e. The number of benzene rings is 2. The SMILES string of the molecule is CCc1ccc(CC(O)Cc2ccccc2Cl)cc1. The Labute approximate surface area is 119 Å². The molecule has 2 aromatic rings. The van der Waals surface area contributed by atoms with Crippen molar-refractivity contribution in [3.05, 3.63) is 70.2 Å². The molecule has 1 unspecified atom stereocenters. The first kappa shape index (κ1) is 14.1. The molecule has 0 saturated heterocycles. The molecule has 100 valence electrons. The van der Waals surface area contributed by atoms with Crippen LogP contribution in [0.25, 0.3) is 0 Å². The molecule has 1 atom stereocenters. The van der Waals surface area contributed by atoms with Gasteiger partial charge in [-0.2, -0.15) is 0 Å². The number of rotatable bonds is 5. The van der Waals surface area contributed by atoms with Crippen LogP contribution in [-0.4, -0.2) is 11.2 Å². The predicted molar refractivity (Wildman–Crippen MR) is 80.7 cm³/mol. The van der Waals surface area contributed by atoms with Crippen LogP contribution in [0, 0.1) is 0 Å². The van der Waals surface area contributed by atoms with E-state index >= 15 is 0 Å². The minimum absolute atomic E-state index is 0.396. The van der Waals surface area contributed by atoms with E-state index in [2.05, 4.69) is 31.2 Å². The normalized spacial score (nSPS) is 12.4. The Kier molecular flexibility index (Phi) is 5.00. The van der Waals surface area contributed by atoms with Crippen molar-refractivity contribution in [1.82, 2.24) is 0 Å². The van der Waals surface area contributed by atoms with Gasteiger partial charge >= 0.3 is 0 Å². The van der Waals surface area contributed by atoms with E-state index in [1.54, 1.807) is 0 Å². The van der Waals surface area contributed by atoms with Gasteiger partial charge < -0.3 is 5.11 Å². The second-order valence-electron chi connectivity index (χ2n) is 4.82. The van der Waals surface area contributed by atoms with Gasteiger partial charge in [0.1, 0.15) is 0 Å². The fourth-order valence-corrected chi connectivity index (χ4v) is 2.39. The monoisotopic (exact) mass is 274 g/mol. The summed E-state index contributed by atoms with van der Waals surface area (Å²) in [6, 6.07) is 16.1. The van der Waals surface area contributed by atoms with Gasteiger partial charge in [0.25, 0.3) is 0 Å². The van der Waals surface area contributed by atoms with E-state index in [9.17, 15) is 5.11 Å². The highest BCUT2D eigenvalue weighted by Crippen LogP contribution is 2.18. The number of hydrogen-bond acceptors (Lipinski definition) is 1. The minimum atomic E-state index is -0.396. The number of aliphatic hydroxyl groups is 1. The Hall–Kier alpha value is -1.31. The third-order valence-corrected chi connectivity index (χ3v) is 3.68. The maximum atomic E-state index is 10.1. The summed E-state index contributed by atoms with van der Waals surface area (Å²) in [6.45, 7) is 2.14. The molecule has 0 spiro atoms. The summed E-state index contributed by atoms with van der Waals surface area (Å²) in [5.74, 6) is 0. The molecule has 0 aliphatic rings. The van der Waals surface area contributed by atoms with Crippen molar-refractivity contribution in [2.45, 2.75) is 32.3 Å². The predicted octanol–water partition coefficient (Wildman–Crippen LogP) is 4.05. The van der Waals surface area contributed by atoms with Crippen LogP contribution in [0.5, 0.6) is 0 Å². The maximum absolute atomic E-state index is 10.1. The van der Waals surface area contributed by atoms with Crippen molar-refractivity contribution in [2.75, 3.05) is 0 Å². The molecule has 0 aliphatic carbocycles. The van der Waals surface area contributed by atoms with Gasteiger partial charge in [0.2, 0.25) is 0 Å². The van der Waals surface area contributed by atoms with Crippen LogP contribution in [0.15, 0.2) is 48.5 Å². The first-order valence-corrected chi connectivity index (χ1v) is 7.06. The molecule has 2 aromatic carbocycles. The van der Waals surface area contributed by atoms with E-state index in [0.717, 1.165) is 22.6 Å². The Morgan fingerprint density at radius 2 is 1.58 bits per heavy atom. The van der Waals surface area contributed by atoms with E-state index in [-0.39, 0.29) is 0 Å². The summed E-state index contributed by atoms with van der Waals surface area (Å²) in [6.07, 6.45) is 1.90. The summed E-state index contributed by atoms with van der Waals surface area (Å²) in [5.41, 5.74) is 3.49. The minimum Gasteiger partial charge on any atom is -0.392 e. The van der Waals surface area contributed by atoms with Gasteiger partial charge in [-0.15, -0.1) is 0 Å². The van der Waals surface area contributed by atoms with Gasteiger partial charge in [-0.3, -0.25) is 0 Å². The third kappa shape index (κ3) is 4.09. The molecule has 0 aliphatic heterocycles. The molecule has 2 heteroatoms. The molecular weight excluding hydrogens is 256 g/mol. The lowest BCUT2D eigenvalue weighted by molar-refractivity contribution is 0.175. The fourth-order valence-electron chi connectivity index (χ4n) is 2.17. The molecule has 2 rings (SSSR count). The fraction of sp³-hybridized carbons (Fsp3) is 0.294. The Morgan fingerprint density at radius 3 is 2.21 bits per heavy atom. The van der Waals surface area contributed by atoms with E-state index in [1.165, 1.54) is 5.56 Å². The van der Waals surface area contributed by atoms with Crippen molar-refractivity contribution < 1.29 is 5.11 Å². The largest absolute Gasteiger partial charge is 0.392 e. The van der Waals surface area contributed by atoms with Gasteiger partial charge in [0, 0.05) is 11.4 Å². The highest BCUT2D eigenvalue weighted by molar-refractivity contribution is 6.31. The second-order valence-corrected chi connectivity index (χ2v) is 5.23. The smallest absolute Gasteiger partial charge is 0.0621 e. The molecule has 0 saturated carbocycles. The quantitative estimate of drug-likeness (QED) is 0.872. The van der Waals surface area contributed by atoms with Gasteiger partial charge in [0.15, 0.2) is 0 Å². The van der Waals surface area contributed by atoms with E-state index in [1.807, 2.05) is 24.3 Å². The lowest BCUT2D eigenvalue weighted by atomic mass is 10.00. The highest BCUT2D eigenvalue weighted by Gasteiger charge is 2.09. The molecule has 0 fully saturated rings. The van der Waals surface area contributed by atoms with E-state index in [0.29, 0.717) is 12.8 Å². The summed E-state index contributed by atoms with van der Waals surface area (Å²) in [7, 11) is 0. The van der Waals surface area contributed by atoms with Crippen molar-refractivity contribution >= 4 is 11.6 Å². The van der Waals surface area contributed by atoms with Gasteiger partial charge in [-0.1, -0.05) is 61.0 Å². The molecule has 1 nitrogen and oxygen atoms in total. The summed E-state index contributed by atoms with van der Waals surface area (Å²) >= 11 is 6.10. The zero-order valence-corrected chi connectivity index (χ0v) is 11.9. The van der Waals surface area contributed by atoms with E-state index in [4.69, 9.17) is 11.6 Å². The van der Waals surface area contributed by atoms with Crippen molar-refractivity contribution in [3.8, 4) is 0 Å². The van der Waals surface area contributed by atoms with Crippen LogP contribution >= 0.6 is 11.6 Å². The third-order valence-electron chi connectivity index (χ3n) is 3.32. The second kappa shape index (κ2) is 6.74. The lowest BCUT2D eigenvalue weighted by Crippen LogP contribution is -2.14. The number of aryl methyl sites for hydroxylation is 1. The lowest BCUT2D eigenvalue weighted by Gasteiger charge is -2.12. The van der Waals surface area contributed by atoms with Gasteiger partial charge in [-0.05, 0) is 35.6 Å². The molecule has 19 heavy (non-hydrogen) atoms. The molecule has 0 radical (unpaired) electrons. The molecule has 0 aromatic heterocycles. The van der Waals surface area contributed by atoms with Crippen LogP contribution < -0.4 is 0 Å². The molecule has 0 bridgehead atoms. The zero-order valence-electron chi connectivity index (χ0n) is 11.1. The van der Waals surface area contributed by atoms with Crippen LogP contribution in [0.2, 0.25) is 5.02 Å². The molecule has 1 N–H and O–H groups in total. The highest BCUT2D eigenvalue weighted by atomic mass is 35.5.